The van der Waals surface area contributed by atoms with Crippen LogP contribution in [0, 0.1) is 6.92 Å². The first-order valence-corrected chi connectivity index (χ1v) is 12.9. The van der Waals surface area contributed by atoms with Gasteiger partial charge in [-0.2, -0.15) is 0 Å². The average Bonchev–Trinajstić information content (AvgIpc) is 2.64. The van der Waals surface area contributed by atoms with Crippen LogP contribution in [0.15, 0.2) is 42.5 Å². The monoisotopic (exact) mass is 414 g/mol. The van der Waals surface area contributed by atoms with E-state index >= 15 is 0 Å². The Labute approximate surface area is 176 Å². The summed E-state index contributed by atoms with van der Waals surface area (Å²) in [5.74, 6) is 0.416. The topological polar surface area (TPSA) is 44.8 Å². The predicted octanol–water partition coefficient (Wildman–Crippen LogP) is 6.18. The van der Waals surface area contributed by atoms with Gasteiger partial charge in [0.1, 0.15) is 5.75 Å². The summed E-state index contributed by atoms with van der Waals surface area (Å²) < 4.78 is 17.4. The van der Waals surface area contributed by atoms with Crippen LogP contribution in [0.5, 0.6) is 5.75 Å². The zero-order valence-electron chi connectivity index (χ0n) is 19.0. The minimum absolute atomic E-state index is 0.175. The molecule has 2 aromatic rings. The van der Waals surface area contributed by atoms with E-state index < -0.39 is 14.4 Å². The Morgan fingerprint density at radius 1 is 1.10 bits per heavy atom. The molecule has 1 atom stereocenters. The number of carbonyl (C=O) groups excluding carboxylic acids is 1. The second-order valence-corrected chi connectivity index (χ2v) is 13.8. The van der Waals surface area contributed by atoms with E-state index in [9.17, 15) is 4.79 Å². The van der Waals surface area contributed by atoms with Crippen LogP contribution >= 0.6 is 0 Å². The summed E-state index contributed by atoms with van der Waals surface area (Å²) in [6.45, 7) is 15.3. The van der Waals surface area contributed by atoms with E-state index in [0.717, 1.165) is 28.0 Å². The van der Waals surface area contributed by atoms with Crippen LogP contribution in [0.4, 0.5) is 0 Å². The van der Waals surface area contributed by atoms with Crippen molar-refractivity contribution in [3.63, 3.8) is 0 Å². The van der Waals surface area contributed by atoms with E-state index in [-0.39, 0.29) is 11.0 Å². The van der Waals surface area contributed by atoms with Crippen molar-refractivity contribution in [2.24, 2.45) is 0 Å². The third-order valence-corrected chi connectivity index (χ3v) is 10.2. The molecule has 2 aromatic carbocycles. The fraction of sp³-hybridized carbons (Fsp3) is 0.458. The van der Waals surface area contributed by atoms with Gasteiger partial charge in [-0.3, -0.25) is 4.79 Å². The number of benzene rings is 2. The highest BCUT2D eigenvalue weighted by Crippen LogP contribution is 2.37. The largest absolute Gasteiger partial charge is 0.497 e. The van der Waals surface area contributed by atoms with Gasteiger partial charge in [0.2, 0.25) is 0 Å². The number of esters is 1. The summed E-state index contributed by atoms with van der Waals surface area (Å²) in [7, 11) is -0.181. The van der Waals surface area contributed by atoms with Crippen molar-refractivity contribution in [2.75, 3.05) is 7.11 Å². The summed E-state index contributed by atoms with van der Waals surface area (Å²) in [5, 5.41) is 0.175. The SMILES string of the molecule is COc1cccc(C(OC(C)=O)c2ccc(CO[Si](C)(C)C(C)(C)C)cc2C)c1. The number of carbonyl (C=O) groups is 1. The molecule has 4 nitrogen and oxygen atoms in total. The number of hydrogen-bond acceptors (Lipinski definition) is 4. The molecule has 0 fully saturated rings. The lowest BCUT2D eigenvalue weighted by atomic mass is 9.95. The van der Waals surface area contributed by atoms with Gasteiger partial charge in [0.25, 0.3) is 0 Å². The van der Waals surface area contributed by atoms with E-state index in [1.807, 2.05) is 37.3 Å². The van der Waals surface area contributed by atoms with Crippen LogP contribution in [0.2, 0.25) is 18.1 Å². The van der Waals surface area contributed by atoms with Gasteiger partial charge in [0.15, 0.2) is 14.4 Å². The zero-order valence-corrected chi connectivity index (χ0v) is 20.0. The van der Waals surface area contributed by atoms with Crippen molar-refractivity contribution >= 4 is 14.3 Å². The summed E-state index contributed by atoms with van der Waals surface area (Å²) in [5.41, 5.74) is 4.04. The molecule has 0 aliphatic rings. The molecule has 0 saturated carbocycles. The van der Waals surface area contributed by atoms with Crippen LogP contribution in [-0.4, -0.2) is 21.4 Å². The van der Waals surface area contributed by atoms with E-state index in [0.29, 0.717) is 6.61 Å². The first kappa shape index (κ1) is 23.2. The highest BCUT2D eigenvalue weighted by molar-refractivity contribution is 6.74. The molecule has 0 aromatic heterocycles. The lowest BCUT2D eigenvalue weighted by Gasteiger charge is -2.36. The predicted molar refractivity (Wildman–Crippen MR) is 120 cm³/mol. The highest BCUT2D eigenvalue weighted by Gasteiger charge is 2.37. The molecule has 0 bridgehead atoms. The van der Waals surface area contributed by atoms with Crippen LogP contribution in [-0.2, 0) is 20.6 Å². The summed E-state index contributed by atoms with van der Waals surface area (Å²) >= 11 is 0. The molecule has 0 spiro atoms. The van der Waals surface area contributed by atoms with Gasteiger partial charge in [-0.1, -0.05) is 51.1 Å². The van der Waals surface area contributed by atoms with Crippen molar-refractivity contribution < 1.29 is 18.7 Å². The fourth-order valence-corrected chi connectivity index (χ4v) is 3.84. The molecule has 0 aliphatic carbocycles. The van der Waals surface area contributed by atoms with Crippen LogP contribution in [0.1, 0.15) is 56.1 Å². The molecule has 0 N–H and O–H groups in total. The second-order valence-electron chi connectivity index (χ2n) is 9.01. The molecule has 29 heavy (non-hydrogen) atoms. The molecule has 0 amide bonds. The first-order chi connectivity index (χ1) is 13.4. The van der Waals surface area contributed by atoms with E-state index in [4.69, 9.17) is 13.9 Å². The first-order valence-electron chi connectivity index (χ1n) is 9.99. The number of methoxy groups -OCH3 is 1. The van der Waals surface area contributed by atoms with Crippen molar-refractivity contribution in [1.82, 2.24) is 0 Å². The number of ether oxygens (including phenoxy) is 2. The lowest BCUT2D eigenvalue weighted by Crippen LogP contribution is -2.40. The molecule has 2 rings (SSSR count). The van der Waals surface area contributed by atoms with Gasteiger partial charge >= 0.3 is 5.97 Å². The Bertz CT molecular complexity index is 852. The van der Waals surface area contributed by atoms with Crippen molar-refractivity contribution in [3.8, 4) is 5.75 Å². The minimum Gasteiger partial charge on any atom is -0.497 e. The lowest BCUT2D eigenvalue weighted by molar-refractivity contribution is -0.144. The Hall–Kier alpha value is -2.11. The number of hydrogen-bond donors (Lipinski definition) is 0. The molecular formula is C24H34O4Si. The quantitative estimate of drug-likeness (QED) is 0.401. The van der Waals surface area contributed by atoms with Crippen molar-refractivity contribution in [3.05, 3.63) is 64.7 Å². The molecule has 0 aliphatic heterocycles. The molecule has 0 radical (unpaired) electrons. The van der Waals surface area contributed by atoms with Gasteiger partial charge in [-0.25, -0.2) is 0 Å². The smallest absolute Gasteiger partial charge is 0.303 e. The Morgan fingerprint density at radius 2 is 1.79 bits per heavy atom. The normalized spacial score (nSPS) is 13.1. The molecule has 1 unspecified atom stereocenters. The third-order valence-electron chi connectivity index (χ3n) is 5.70. The van der Waals surface area contributed by atoms with Gasteiger partial charge in [0, 0.05) is 12.5 Å². The zero-order chi connectivity index (χ0) is 21.8. The summed E-state index contributed by atoms with van der Waals surface area (Å²) in [4.78, 5) is 11.8. The minimum atomic E-state index is -1.81. The Morgan fingerprint density at radius 3 is 2.34 bits per heavy atom. The van der Waals surface area contributed by atoms with Gasteiger partial charge in [-0.05, 0) is 53.9 Å². The van der Waals surface area contributed by atoms with E-state index in [1.165, 1.54) is 6.92 Å². The highest BCUT2D eigenvalue weighted by atomic mass is 28.4. The molecular weight excluding hydrogens is 380 g/mol. The molecule has 5 heteroatoms. The summed E-state index contributed by atoms with van der Waals surface area (Å²) in [6, 6.07) is 13.9. The van der Waals surface area contributed by atoms with Gasteiger partial charge in [0.05, 0.1) is 13.7 Å². The number of aryl methyl sites for hydroxylation is 1. The maximum Gasteiger partial charge on any atom is 0.303 e. The maximum absolute atomic E-state index is 11.8. The van der Waals surface area contributed by atoms with E-state index in [2.05, 4.69) is 46.0 Å². The molecule has 158 valence electrons. The summed E-state index contributed by atoms with van der Waals surface area (Å²) in [6.07, 6.45) is -0.474. The van der Waals surface area contributed by atoms with Crippen molar-refractivity contribution in [1.29, 1.82) is 0 Å². The standard InChI is InChI=1S/C24H34O4Si/c1-17-14-19(16-27-29(7,8)24(3,4)5)12-13-22(17)23(28-18(2)25)20-10-9-11-21(15-20)26-6/h9-15,23H,16H2,1-8H3. The second kappa shape index (κ2) is 9.14. The van der Waals surface area contributed by atoms with Crippen molar-refractivity contribution in [2.45, 2.75) is 65.5 Å². The Kier molecular flexibility index (Phi) is 7.30. The van der Waals surface area contributed by atoms with Gasteiger partial charge < -0.3 is 13.9 Å². The average molecular weight is 415 g/mol. The van der Waals surface area contributed by atoms with Gasteiger partial charge in [-0.15, -0.1) is 0 Å². The van der Waals surface area contributed by atoms with Crippen LogP contribution in [0.3, 0.4) is 0 Å². The molecule has 0 saturated heterocycles. The molecule has 0 heterocycles. The van der Waals surface area contributed by atoms with Crippen LogP contribution < -0.4 is 4.74 Å². The fourth-order valence-electron chi connectivity index (χ4n) is 2.88. The third kappa shape index (κ3) is 5.94. The maximum atomic E-state index is 11.8. The van der Waals surface area contributed by atoms with E-state index in [1.54, 1.807) is 7.11 Å². The van der Waals surface area contributed by atoms with Crippen LogP contribution in [0.25, 0.3) is 0 Å². The number of rotatable bonds is 7. The Balaban J connectivity index is 2.30.